The highest BCUT2D eigenvalue weighted by Crippen LogP contribution is 2.09. The third kappa shape index (κ3) is 4.29. The van der Waals surface area contributed by atoms with E-state index in [1.165, 1.54) is 0 Å². The minimum atomic E-state index is -1.09. The van der Waals surface area contributed by atoms with Crippen LogP contribution in [0.15, 0.2) is 24.3 Å². The van der Waals surface area contributed by atoms with Gasteiger partial charge in [-0.25, -0.2) is 0 Å². The van der Waals surface area contributed by atoms with Gasteiger partial charge in [-0.05, 0) is 25.5 Å². The second kappa shape index (κ2) is 7.04. The number of carbonyl (C=O) groups excluding carboxylic acids is 2. The van der Waals surface area contributed by atoms with Crippen molar-refractivity contribution in [3.63, 3.8) is 0 Å². The lowest BCUT2D eigenvalue weighted by molar-refractivity contribution is -0.138. The lowest BCUT2D eigenvalue weighted by Gasteiger charge is -2.12. The van der Waals surface area contributed by atoms with Crippen LogP contribution in [0.5, 0.6) is 0 Å². The van der Waals surface area contributed by atoms with E-state index in [9.17, 15) is 14.4 Å². The van der Waals surface area contributed by atoms with Crippen LogP contribution in [-0.4, -0.2) is 48.1 Å². The lowest BCUT2D eigenvalue weighted by Crippen LogP contribution is -2.42. The van der Waals surface area contributed by atoms with Gasteiger partial charge in [-0.3, -0.25) is 14.4 Å². The van der Waals surface area contributed by atoms with Gasteiger partial charge >= 0.3 is 5.97 Å². The Morgan fingerprint density at radius 2 is 1.95 bits per heavy atom. The summed E-state index contributed by atoms with van der Waals surface area (Å²) in [7, 11) is 0. The molecule has 0 radical (unpaired) electrons. The minimum Gasteiger partial charge on any atom is -0.480 e. The van der Waals surface area contributed by atoms with Gasteiger partial charge in [0, 0.05) is 18.2 Å². The van der Waals surface area contributed by atoms with E-state index in [-0.39, 0.29) is 17.9 Å². The maximum Gasteiger partial charge on any atom is 0.322 e. The van der Waals surface area contributed by atoms with Crippen molar-refractivity contribution in [2.75, 3.05) is 13.1 Å². The monoisotopic (exact) mass is 305 g/mol. The Morgan fingerprint density at radius 1 is 1.27 bits per heavy atom. The molecule has 1 aliphatic rings. The highest BCUT2D eigenvalue weighted by Gasteiger charge is 2.30. The maximum absolute atomic E-state index is 12.1. The molecule has 1 heterocycles. The number of hydrogen-bond acceptors (Lipinski definition) is 4. The lowest BCUT2D eigenvalue weighted by atomic mass is 10.1. The Bertz CT molecular complexity index is 571. The standard InChI is InChI=1S/C15H19N3O4/c1-9-2-4-10(5-3-9)14(21)18-11-6-12(16-7-11)15(22)17-8-13(19)20/h2-5,11-12,16H,6-8H2,1H3,(H,17,22)(H,18,21)(H,19,20). The van der Waals surface area contributed by atoms with Crippen molar-refractivity contribution in [2.24, 2.45) is 0 Å². The molecule has 2 unspecified atom stereocenters. The summed E-state index contributed by atoms with van der Waals surface area (Å²) in [5.74, 6) is -1.64. The van der Waals surface area contributed by atoms with E-state index in [1.807, 2.05) is 19.1 Å². The molecule has 2 amide bonds. The van der Waals surface area contributed by atoms with Crippen molar-refractivity contribution < 1.29 is 19.5 Å². The average molecular weight is 305 g/mol. The van der Waals surface area contributed by atoms with Crippen LogP contribution in [0.1, 0.15) is 22.3 Å². The van der Waals surface area contributed by atoms with Gasteiger partial charge in [0.05, 0.1) is 6.04 Å². The van der Waals surface area contributed by atoms with Crippen LogP contribution in [0.3, 0.4) is 0 Å². The fourth-order valence-corrected chi connectivity index (χ4v) is 2.30. The number of hydrogen-bond donors (Lipinski definition) is 4. The predicted octanol–water partition coefficient (Wildman–Crippen LogP) is -0.344. The third-order valence-corrected chi connectivity index (χ3v) is 3.51. The molecule has 0 aromatic heterocycles. The van der Waals surface area contributed by atoms with Crippen LogP contribution in [0.2, 0.25) is 0 Å². The third-order valence-electron chi connectivity index (χ3n) is 3.51. The van der Waals surface area contributed by atoms with Crippen molar-refractivity contribution in [3.8, 4) is 0 Å². The summed E-state index contributed by atoms with van der Waals surface area (Å²) < 4.78 is 0. The van der Waals surface area contributed by atoms with Gasteiger partial charge in [-0.1, -0.05) is 17.7 Å². The summed E-state index contributed by atoms with van der Waals surface area (Å²) in [5.41, 5.74) is 1.65. The molecule has 4 N–H and O–H groups in total. The van der Waals surface area contributed by atoms with Crippen molar-refractivity contribution >= 4 is 17.8 Å². The van der Waals surface area contributed by atoms with E-state index in [0.29, 0.717) is 18.5 Å². The Hall–Kier alpha value is -2.41. The van der Waals surface area contributed by atoms with Crippen molar-refractivity contribution in [1.82, 2.24) is 16.0 Å². The molecular weight excluding hydrogens is 286 g/mol. The first-order valence-electron chi connectivity index (χ1n) is 7.06. The molecule has 22 heavy (non-hydrogen) atoms. The first kappa shape index (κ1) is 16.0. The fraction of sp³-hybridized carbons (Fsp3) is 0.400. The second-order valence-corrected chi connectivity index (χ2v) is 5.34. The number of carboxylic acid groups (broad SMARTS) is 1. The van der Waals surface area contributed by atoms with Crippen molar-refractivity contribution in [2.45, 2.75) is 25.4 Å². The van der Waals surface area contributed by atoms with Gasteiger partial charge in [0.1, 0.15) is 6.54 Å². The Kier molecular flexibility index (Phi) is 5.11. The topological polar surface area (TPSA) is 108 Å². The van der Waals surface area contributed by atoms with Crippen molar-refractivity contribution in [3.05, 3.63) is 35.4 Å². The number of aryl methyl sites for hydroxylation is 1. The van der Waals surface area contributed by atoms with Crippen LogP contribution in [0, 0.1) is 6.92 Å². The largest absolute Gasteiger partial charge is 0.480 e. The molecule has 0 bridgehead atoms. The highest BCUT2D eigenvalue weighted by atomic mass is 16.4. The summed E-state index contributed by atoms with van der Waals surface area (Å²) in [6, 6.07) is 6.60. The summed E-state index contributed by atoms with van der Waals surface area (Å²) in [6.45, 7) is 2.02. The normalized spacial score (nSPS) is 20.4. The molecule has 1 aromatic carbocycles. The zero-order valence-corrected chi connectivity index (χ0v) is 12.3. The molecule has 0 saturated carbocycles. The van der Waals surface area contributed by atoms with Crippen LogP contribution in [0.4, 0.5) is 0 Å². The molecule has 1 saturated heterocycles. The van der Waals surface area contributed by atoms with Crippen molar-refractivity contribution in [1.29, 1.82) is 0 Å². The number of carbonyl (C=O) groups is 3. The van der Waals surface area contributed by atoms with Gasteiger partial charge in [-0.2, -0.15) is 0 Å². The van der Waals surface area contributed by atoms with E-state index in [4.69, 9.17) is 5.11 Å². The van der Waals surface area contributed by atoms with Gasteiger partial charge in [0.25, 0.3) is 5.91 Å². The molecule has 0 aliphatic carbocycles. The van der Waals surface area contributed by atoms with Gasteiger partial charge < -0.3 is 21.1 Å². The zero-order chi connectivity index (χ0) is 16.1. The molecule has 7 heteroatoms. The molecule has 2 rings (SSSR count). The Balaban J connectivity index is 1.83. The summed E-state index contributed by atoms with van der Waals surface area (Å²) >= 11 is 0. The number of amides is 2. The predicted molar refractivity (Wildman–Crippen MR) is 79.5 cm³/mol. The SMILES string of the molecule is Cc1ccc(C(=O)NC2CNC(C(=O)NCC(=O)O)C2)cc1. The van der Waals surface area contributed by atoms with E-state index in [2.05, 4.69) is 16.0 Å². The number of carboxylic acids is 1. The molecule has 2 atom stereocenters. The molecular formula is C15H19N3O4. The minimum absolute atomic E-state index is 0.158. The summed E-state index contributed by atoms with van der Waals surface area (Å²) in [5, 5.41) is 16.7. The molecule has 1 fully saturated rings. The summed E-state index contributed by atoms with van der Waals surface area (Å²) in [6.07, 6.45) is 0.434. The quantitative estimate of drug-likeness (QED) is 0.595. The van der Waals surface area contributed by atoms with Crippen LogP contribution < -0.4 is 16.0 Å². The molecule has 1 aliphatic heterocycles. The number of rotatable bonds is 5. The van der Waals surface area contributed by atoms with Crippen LogP contribution in [-0.2, 0) is 9.59 Å². The molecule has 0 spiro atoms. The fourth-order valence-electron chi connectivity index (χ4n) is 2.30. The van der Waals surface area contributed by atoms with Gasteiger partial charge in [0.2, 0.25) is 5.91 Å². The van der Waals surface area contributed by atoms with Gasteiger partial charge in [-0.15, -0.1) is 0 Å². The first-order valence-corrected chi connectivity index (χ1v) is 7.06. The summed E-state index contributed by atoms with van der Waals surface area (Å²) in [4.78, 5) is 34.2. The van der Waals surface area contributed by atoms with Crippen LogP contribution >= 0.6 is 0 Å². The number of aliphatic carboxylic acids is 1. The molecule has 118 valence electrons. The first-order chi connectivity index (χ1) is 10.5. The molecule has 1 aromatic rings. The van der Waals surface area contributed by atoms with E-state index < -0.39 is 18.6 Å². The van der Waals surface area contributed by atoms with E-state index >= 15 is 0 Å². The zero-order valence-electron chi connectivity index (χ0n) is 12.3. The molecule has 7 nitrogen and oxygen atoms in total. The van der Waals surface area contributed by atoms with E-state index in [1.54, 1.807) is 12.1 Å². The second-order valence-electron chi connectivity index (χ2n) is 5.34. The Morgan fingerprint density at radius 3 is 2.59 bits per heavy atom. The highest BCUT2D eigenvalue weighted by molar-refractivity contribution is 5.94. The maximum atomic E-state index is 12.1. The smallest absolute Gasteiger partial charge is 0.322 e. The number of benzene rings is 1. The van der Waals surface area contributed by atoms with Crippen LogP contribution in [0.25, 0.3) is 0 Å². The van der Waals surface area contributed by atoms with E-state index in [0.717, 1.165) is 5.56 Å². The van der Waals surface area contributed by atoms with Gasteiger partial charge in [0.15, 0.2) is 0 Å². The number of nitrogens with one attached hydrogen (secondary N) is 3. The Labute approximate surface area is 128 Å². The average Bonchev–Trinajstić information content (AvgIpc) is 2.94.